The van der Waals surface area contributed by atoms with Crippen molar-refractivity contribution in [1.29, 1.82) is 0 Å². The molecule has 26 heavy (non-hydrogen) atoms. The summed E-state index contributed by atoms with van der Waals surface area (Å²) in [6.45, 7) is 5.04. The Hall–Kier alpha value is -3.22. The highest BCUT2D eigenvalue weighted by Gasteiger charge is 2.04. The zero-order chi connectivity index (χ0) is 18.4. The van der Waals surface area contributed by atoms with Gasteiger partial charge in [-0.25, -0.2) is 4.68 Å². The van der Waals surface area contributed by atoms with Gasteiger partial charge in [0.1, 0.15) is 5.82 Å². The Balaban J connectivity index is 1.41. The SMILES string of the molecule is Cc1cccc(CC(=O)NCCNc2ccc(-n3ccc(C)n3)nn2)c1. The Morgan fingerprint density at radius 1 is 1.08 bits per heavy atom. The van der Waals surface area contributed by atoms with Gasteiger partial charge >= 0.3 is 0 Å². The van der Waals surface area contributed by atoms with Crippen molar-refractivity contribution in [3.05, 3.63) is 65.5 Å². The minimum atomic E-state index is 0.00730. The highest BCUT2D eigenvalue weighted by Crippen LogP contribution is 2.06. The first-order valence-corrected chi connectivity index (χ1v) is 8.53. The van der Waals surface area contributed by atoms with E-state index in [4.69, 9.17) is 0 Å². The number of nitrogens with zero attached hydrogens (tertiary/aromatic N) is 4. The van der Waals surface area contributed by atoms with Gasteiger partial charge in [-0.2, -0.15) is 5.10 Å². The number of anilines is 1. The van der Waals surface area contributed by atoms with Crippen molar-refractivity contribution < 1.29 is 4.79 Å². The van der Waals surface area contributed by atoms with Gasteiger partial charge in [0.05, 0.1) is 12.1 Å². The van der Waals surface area contributed by atoms with Crippen LogP contribution < -0.4 is 10.6 Å². The monoisotopic (exact) mass is 350 g/mol. The van der Waals surface area contributed by atoms with Crippen LogP contribution >= 0.6 is 0 Å². The second-order valence-corrected chi connectivity index (χ2v) is 6.12. The van der Waals surface area contributed by atoms with E-state index >= 15 is 0 Å². The fourth-order valence-corrected chi connectivity index (χ4v) is 2.55. The lowest BCUT2D eigenvalue weighted by molar-refractivity contribution is -0.120. The largest absolute Gasteiger partial charge is 0.367 e. The van der Waals surface area contributed by atoms with Crippen LogP contribution in [0.4, 0.5) is 5.82 Å². The minimum absolute atomic E-state index is 0.00730. The maximum atomic E-state index is 12.0. The second kappa shape index (κ2) is 8.24. The van der Waals surface area contributed by atoms with Gasteiger partial charge in [-0.05, 0) is 37.6 Å². The summed E-state index contributed by atoms with van der Waals surface area (Å²) in [7, 11) is 0. The van der Waals surface area contributed by atoms with Crippen molar-refractivity contribution >= 4 is 11.7 Å². The second-order valence-electron chi connectivity index (χ2n) is 6.12. The molecule has 3 aromatic rings. The molecule has 0 bridgehead atoms. The molecule has 0 aliphatic carbocycles. The third-order valence-electron chi connectivity index (χ3n) is 3.81. The van der Waals surface area contributed by atoms with Crippen LogP contribution in [0.1, 0.15) is 16.8 Å². The Morgan fingerprint density at radius 2 is 1.96 bits per heavy atom. The van der Waals surface area contributed by atoms with E-state index in [0.717, 1.165) is 16.8 Å². The fraction of sp³-hybridized carbons (Fsp3) is 0.263. The standard InChI is InChI=1S/C19H22N6O/c1-14-4-3-5-16(12-14)13-19(26)21-10-9-20-17-6-7-18(23-22-17)25-11-8-15(2)24-25/h3-8,11-12H,9-10,13H2,1-2H3,(H,20,22)(H,21,26). The number of hydrogen-bond acceptors (Lipinski definition) is 5. The number of amides is 1. The molecule has 0 fully saturated rings. The van der Waals surface area contributed by atoms with Crippen LogP contribution in [-0.4, -0.2) is 39.0 Å². The van der Waals surface area contributed by atoms with Crippen molar-refractivity contribution in [2.24, 2.45) is 0 Å². The molecule has 1 aromatic carbocycles. The van der Waals surface area contributed by atoms with Crippen LogP contribution in [0.2, 0.25) is 0 Å². The highest BCUT2D eigenvalue weighted by atomic mass is 16.1. The average Bonchev–Trinajstić information content (AvgIpc) is 3.06. The van der Waals surface area contributed by atoms with Crippen molar-refractivity contribution in [1.82, 2.24) is 25.3 Å². The maximum Gasteiger partial charge on any atom is 0.224 e. The molecule has 0 unspecified atom stereocenters. The van der Waals surface area contributed by atoms with E-state index in [9.17, 15) is 4.79 Å². The number of hydrogen-bond donors (Lipinski definition) is 2. The highest BCUT2D eigenvalue weighted by molar-refractivity contribution is 5.78. The lowest BCUT2D eigenvalue weighted by atomic mass is 10.1. The molecule has 134 valence electrons. The molecular weight excluding hydrogens is 328 g/mol. The smallest absolute Gasteiger partial charge is 0.224 e. The third-order valence-corrected chi connectivity index (χ3v) is 3.81. The van der Waals surface area contributed by atoms with Crippen LogP contribution in [0.15, 0.2) is 48.7 Å². The Kier molecular flexibility index (Phi) is 5.58. The summed E-state index contributed by atoms with van der Waals surface area (Å²) in [5, 5.41) is 18.6. The number of nitrogens with one attached hydrogen (secondary N) is 2. The number of carbonyl (C=O) groups is 1. The minimum Gasteiger partial charge on any atom is -0.367 e. The van der Waals surface area contributed by atoms with Crippen LogP contribution in [0.5, 0.6) is 0 Å². The molecular formula is C19H22N6O. The summed E-state index contributed by atoms with van der Waals surface area (Å²) in [6.07, 6.45) is 2.23. The van der Waals surface area contributed by atoms with Crippen LogP contribution in [0.25, 0.3) is 5.82 Å². The Labute approximate surface area is 152 Å². The molecule has 0 spiro atoms. The van der Waals surface area contributed by atoms with Crippen LogP contribution in [-0.2, 0) is 11.2 Å². The van der Waals surface area contributed by atoms with E-state index in [-0.39, 0.29) is 5.91 Å². The van der Waals surface area contributed by atoms with Gasteiger partial charge < -0.3 is 10.6 Å². The third kappa shape index (κ3) is 4.89. The van der Waals surface area contributed by atoms with Gasteiger partial charge in [-0.1, -0.05) is 29.8 Å². The summed E-state index contributed by atoms with van der Waals surface area (Å²) in [5.41, 5.74) is 3.10. The molecule has 1 amide bonds. The van der Waals surface area contributed by atoms with E-state index < -0.39 is 0 Å². The number of benzene rings is 1. The molecule has 0 saturated carbocycles. The lowest BCUT2D eigenvalue weighted by Crippen LogP contribution is -2.30. The first-order chi connectivity index (χ1) is 12.6. The van der Waals surface area contributed by atoms with Crippen molar-refractivity contribution in [2.75, 3.05) is 18.4 Å². The molecule has 3 rings (SSSR count). The summed E-state index contributed by atoms with van der Waals surface area (Å²) >= 11 is 0. The van der Waals surface area contributed by atoms with Gasteiger partial charge in [-0.15, -0.1) is 10.2 Å². The molecule has 7 nitrogen and oxygen atoms in total. The van der Waals surface area contributed by atoms with Gasteiger partial charge in [0.2, 0.25) is 5.91 Å². The predicted molar refractivity (Wildman–Crippen MR) is 100 cm³/mol. The van der Waals surface area contributed by atoms with Gasteiger partial charge in [-0.3, -0.25) is 4.79 Å². The van der Waals surface area contributed by atoms with E-state index in [1.165, 1.54) is 0 Å². The van der Waals surface area contributed by atoms with E-state index in [0.29, 0.717) is 31.1 Å². The van der Waals surface area contributed by atoms with Gasteiger partial charge in [0, 0.05) is 19.3 Å². The number of carbonyl (C=O) groups excluding carboxylic acids is 1. The quantitative estimate of drug-likeness (QED) is 0.637. The van der Waals surface area contributed by atoms with E-state index in [2.05, 4.69) is 25.9 Å². The van der Waals surface area contributed by atoms with E-state index in [1.807, 2.05) is 62.5 Å². The van der Waals surface area contributed by atoms with Crippen LogP contribution in [0, 0.1) is 13.8 Å². The summed E-state index contributed by atoms with van der Waals surface area (Å²) in [4.78, 5) is 12.0. The Bertz CT molecular complexity index is 872. The van der Waals surface area contributed by atoms with Gasteiger partial charge in [0.15, 0.2) is 5.82 Å². The number of rotatable bonds is 7. The zero-order valence-electron chi connectivity index (χ0n) is 14.9. The van der Waals surface area contributed by atoms with Crippen molar-refractivity contribution in [3.63, 3.8) is 0 Å². The van der Waals surface area contributed by atoms with Crippen molar-refractivity contribution in [3.8, 4) is 5.82 Å². The van der Waals surface area contributed by atoms with Gasteiger partial charge in [0.25, 0.3) is 0 Å². The lowest BCUT2D eigenvalue weighted by Gasteiger charge is -2.08. The average molecular weight is 350 g/mol. The maximum absolute atomic E-state index is 12.0. The first kappa shape index (κ1) is 17.6. The molecule has 0 atom stereocenters. The topological polar surface area (TPSA) is 84.7 Å². The number of aryl methyl sites for hydroxylation is 2. The number of aromatic nitrogens is 4. The molecule has 0 aliphatic heterocycles. The molecule has 2 heterocycles. The zero-order valence-corrected chi connectivity index (χ0v) is 14.9. The molecule has 0 aliphatic rings. The molecule has 0 radical (unpaired) electrons. The molecule has 0 saturated heterocycles. The predicted octanol–water partition coefficient (Wildman–Crippen LogP) is 2.05. The summed E-state index contributed by atoms with van der Waals surface area (Å²) in [6, 6.07) is 13.6. The Morgan fingerprint density at radius 3 is 2.65 bits per heavy atom. The van der Waals surface area contributed by atoms with Crippen molar-refractivity contribution in [2.45, 2.75) is 20.3 Å². The van der Waals surface area contributed by atoms with Crippen LogP contribution in [0.3, 0.4) is 0 Å². The molecule has 7 heteroatoms. The molecule has 2 N–H and O–H groups in total. The first-order valence-electron chi connectivity index (χ1n) is 8.53. The normalized spacial score (nSPS) is 10.5. The summed E-state index contributed by atoms with van der Waals surface area (Å²) in [5.74, 6) is 1.33. The fourth-order valence-electron chi connectivity index (χ4n) is 2.55. The van der Waals surface area contributed by atoms with E-state index in [1.54, 1.807) is 4.68 Å². The summed E-state index contributed by atoms with van der Waals surface area (Å²) < 4.78 is 1.68. The molecule has 2 aromatic heterocycles.